The van der Waals surface area contributed by atoms with E-state index in [2.05, 4.69) is 23.4 Å². The molecule has 0 aliphatic carbocycles. The van der Waals surface area contributed by atoms with Crippen molar-refractivity contribution < 1.29 is 0 Å². The van der Waals surface area contributed by atoms with Gasteiger partial charge in [0.05, 0.1) is 0 Å². The third-order valence-electron chi connectivity index (χ3n) is 2.19. The first-order chi connectivity index (χ1) is 6.34. The molecule has 0 aliphatic heterocycles. The number of aryl methyl sites for hydroxylation is 1. The first kappa shape index (κ1) is 10.3. The summed E-state index contributed by atoms with van der Waals surface area (Å²) in [5.41, 5.74) is 1.30. The SMILES string of the molecule is CCCCNCCc1ccnn1C. The van der Waals surface area contributed by atoms with Crippen molar-refractivity contribution in [2.75, 3.05) is 13.1 Å². The first-order valence-electron chi connectivity index (χ1n) is 5.02. The van der Waals surface area contributed by atoms with Crippen molar-refractivity contribution in [3.8, 4) is 0 Å². The van der Waals surface area contributed by atoms with E-state index in [1.54, 1.807) is 0 Å². The minimum absolute atomic E-state index is 1.06. The molecule has 0 atom stereocenters. The fourth-order valence-electron chi connectivity index (χ4n) is 1.29. The van der Waals surface area contributed by atoms with Crippen molar-refractivity contribution in [2.24, 2.45) is 7.05 Å². The molecule has 13 heavy (non-hydrogen) atoms. The summed E-state index contributed by atoms with van der Waals surface area (Å²) in [4.78, 5) is 0. The van der Waals surface area contributed by atoms with Crippen LogP contribution in [0.2, 0.25) is 0 Å². The molecule has 0 aromatic carbocycles. The number of nitrogens with one attached hydrogen (secondary N) is 1. The molecule has 1 heterocycles. The molecular weight excluding hydrogens is 162 g/mol. The zero-order valence-corrected chi connectivity index (χ0v) is 8.58. The molecule has 0 unspecified atom stereocenters. The van der Waals surface area contributed by atoms with Gasteiger partial charge in [0, 0.05) is 31.9 Å². The fraction of sp³-hybridized carbons (Fsp3) is 0.700. The van der Waals surface area contributed by atoms with Gasteiger partial charge in [0.1, 0.15) is 0 Å². The van der Waals surface area contributed by atoms with E-state index in [-0.39, 0.29) is 0 Å². The molecule has 0 saturated carbocycles. The monoisotopic (exact) mass is 181 g/mol. The Morgan fingerprint density at radius 3 is 2.92 bits per heavy atom. The number of nitrogens with zero attached hydrogens (tertiary/aromatic N) is 2. The lowest BCUT2D eigenvalue weighted by atomic mass is 10.3. The average molecular weight is 181 g/mol. The molecular formula is C10H19N3. The molecule has 74 valence electrons. The second kappa shape index (κ2) is 5.75. The van der Waals surface area contributed by atoms with Crippen LogP contribution in [0.25, 0.3) is 0 Å². The van der Waals surface area contributed by atoms with E-state index in [4.69, 9.17) is 0 Å². The molecule has 1 N–H and O–H groups in total. The Labute approximate surface area is 80.1 Å². The molecule has 0 saturated heterocycles. The third-order valence-corrected chi connectivity index (χ3v) is 2.19. The summed E-state index contributed by atoms with van der Waals surface area (Å²) >= 11 is 0. The van der Waals surface area contributed by atoms with Gasteiger partial charge in [-0.05, 0) is 19.0 Å². The van der Waals surface area contributed by atoms with Crippen molar-refractivity contribution in [1.29, 1.82) is 0 Å². The molecule has 1 rings (SSSR count). The van der Waals surface area contributed by atoms with Crippen LogP contribution in [-0.4, -0.2) is 22.9 Å². The molecule has 0 bridgehead atoms. The fourth-order valence-corrected chi connectivity index (χ4v) is 1.29. The predicted molar refractivity (Wildman–Crippen MR) is 54.7 cm³/mol. The van der Waals surface area contributed by atoms with Crippen LogP contribution < -0.4 is 5.32 Å². The lowest BCUT2D eigenvalue weighted by Gasteiger charge is -2.03. The number of hydrogen-bond acceptors (Lipinski definition) is 2. The second-order valence-corrected chi connectivity index (χ2v) is 3.30. The lowest BCUT2D eigenvalue weighted by molar-refractivity contribution is 0.618. The Morgan fingerprint density at radius 1 is 1.46 bits per heavy atom. The van der Waals surface area contributed by atoms with E-state index in [1.807, 2.05) is 17.9 Å². The zero-order chi connectivity index (χ0) is 9.52. The van der Waals surface area contributed by atoms with Crippen LogP contribution in [0.4, 0.5) is 0 Å². The van der Waals surface area contributed by atoms with E-state index in [9.17, 15) is 0 Å². The minimum atomic E-state index is 1.06. The topological polar surface area (TPSA) is 29.9 Å². The normalized spacial score (nSPS) is 10.6. The van der Waals surface area contributed by atoms with E-state index in [0.717, 1.165) is 19.5 Å². The summed E-state index contributed by atoms with van der Waals surface area (Å²) in [6.07, 6.45) is 5.45. The van der Waals surface area contributed by atoms with Crippen LogP contribution in [0.5, 0.6) is 0 Å². The van der Waals surface area contributed by atoms with Gasteiger partial charge in [0.2, 0.25) is 0 Å². The Balaban J connectivity index is 2.10. The molecule has 3 heteroatoms. The van der Waals surface area contributed by atoms with Crippen LogP contribution >= 0.6 is 0 Å². The van der Waals surface area contributed by atoms with Gasteiger partial charge in [0.15, 0.2) is 0 Å². The molecule has 0 aliphatic rings. The molecule has 0 spiro atoms. The highest BCUT2D eigenvalue weighted by atomic mass is 15.3. The summed E-state index contributed by atoms with van der Waals surface area (Å²) in [5.74, 6) is 0. The third kappa shape index (κ3) is 3.59. The van der Waals surface area contributed by atoms with Crippen molar-refractivity contribution in [3.05, 3.63) is 18.0 Å². The average Bonchev–Trinajstić information content (AvgIpc) is 2.52. The zero-order valence-electron chi connectivity index (χ0n) is 8.58. The van der Waals surface area contributed by atoms with Gasteiger partial charge in [0.25, 0.3) is 0 Å². The van der Waals surface area contributed by atoms with Gasteiger partial charge in [-0.15, -0.1) is 0 Å². The van der Waals surface area contributed by atoms with Gasteiger partial charge in [-0.25, -0.2) is 0 Å². The van der Waals surface area contributed by atoms with Crippen molar-refractivity contribution in [3.63, 3.8) is 0 Å². The number of aromatic nitrogens is 2. The highest BCUT2D eigenvalue weighted by Crippen LogP contribution is 1.95. The summed E-state index contributed by atoms with van der Waals surface area (Å²) in [6, 6.07) is 2.07. The molecule has 1 aromatic heterocycles. The summed E-state index contributed by atoms with van der Waals surface area (Å²) < 4.78 is 1.93. The quantitative estimate of drug-likeness (QED) is 0.671. The maximum atomic E-state index is 4.12. The van der Waals surface area contributed by atoms with E-state index in [0.29, 0.717) is 0 Å². The summed E-state index contributed by atoms with van der Waals surface area (Å²) in [5, 5.41) is 7.53. The van der Waals surface area contributed by atoms with E-state index < -0.39 is 0 Å². The van der Waals surface area contributed by atoms with E-state index in [1.165, 1.54) is 18.5 Å². The lowest BCUT2D eigenvalue weighted by Crippen LogP contribution is -2.19. The minimum Gasteiger partial charge on any atom is -0.316 e. The Bertz CT molecular complexity index is 230. The van der Waals surface area contributed by atoms with Crippen molar-refractivity contribution in [1.82, 2.24) is 15.1 Å². The van der Waals surface area contributed by atoms with Gasteiger partial charge < -0.3 is 5.32 Å². The van der Waals surface area contributed by atoms with E-state index >= 15 is 0 Å². The largest absolute Gasteiger partial charge is 0.316 e. The molecule has 0 fully saturated rings. The van der Waals surface area contributed by atoms with Crippen LogP contribution in [0.3, 0.4) is 0 Å². The maximum Gasteiger partial charge on any atom is 0.0492 e. The van der Waals surface area contributed by atoms with Gasteiger partial charge in [-0.2, -0.15) is 5.10 Å². The second-order valence-electron chi connectivity index (χ2n) is 3.30. The smallest absolute Gasteiger partial charge is 0.0492 e. The predicted octanol–water partition coefficient (Wildman–Crippen LogP) is 1.35. The number of unbranched alkanes of at least 4 members (excludes halogenated alkanes) is 1. The maximum absolute atomic E-state index is 4.12. The standard InChI is InChI=1S/C10H19N3/c1-3-4-7-11-8-5-10-6-9-12-13(10)2/h6,9,11H,3-5,7-8H2,1-2H3. The molecule has 1 aromatic rings. The van der Waals surface area contributed by atoms with Crippen molar-refractivity contribution >= 4 is 0 Å². The molecule has 3 nitrogen and oxygen atoms in total. The van der Waals surface area contributed by atoms with Gasteiger partial charge in [-0.1, -0.05) is 13.3 Å². The van der Waals surface area contributed by atoms with Crippen LogP contribution in [0.1, 0.15) is 25.5 Å². The Kier molecular flexibility index (Phi) is 4.54. The van der Waals surface area contributed by atoms with Crippen LogP contribution in [-0.2, 0) is 13.5 Å². The van der Waals surface area contributed by atoms with Crippen molar-refractivity contribution in [2.45, 2.75) is 26.2 Å². The van der Waals surface area contributed by atoms with Gasteiger partial charge in [-0.3, -0.25) is 4.68 Å². The Morgan fingerprint density at radius 2 is 2.31 bits per heavy atom. The highest BCUT2D eigenvalue weighted by Gasteiger charge is 1.96. The molecule has 0 amide bonds. The van der Waals surface area contributed by atoms with Crippen LogP contribution in [0, 0.1) is 0 Å². The van der Waals surface area contributed by atoms with Crippen LogP contribution in [0.15, 0.2) is 12.3 Å². The number of rotatable bonds is 6. The Hall–Kier alpha value is -0.830. The summed E-state index contributed by atoms with van der Waals surface area (Å²) in [6.45, 7) is 4.40. The first-order valence-corrected chi connectivity index (χ1v) is 5.02. The highest BCUT2D eigenvalue weighted by molar-refractivity contribution is 5.00. The summed E-state index contributed by atoms with van der Waals surface area (Å²) in [7, 11) is 1.99. The van der Waals surface area contributed by atoms with Gasteiger partial charge >= 0.3 is 0 Å². The number of hydrogen-bond donors (Lipinski definition) is 1. The molecule has 0 radical (unpaired) electrons.